The highest BCUT2D eigenvalue weighted by molar-refractivity contribution is 5.93. The topological polar surface area (TPSA) is 102 Å². The molecule has 1 amide bonds. The van der Waals surface area contributed by atoms with Crippen molar-refractivity contribution in [2.75, 3.05) is 11.9 Å². The molecule has 4 aromatic rings. The molecule has 29 heavy (non-hydrogen) atoms. The minimum atomic E-state index is -0.345. The van der Waals surface area contributed by atoms with Crippen LogP contribution in [0.25, 0.3) is 27.9 Å². The Bertz CT molecular complexity index is 1220. The summed E-state index contributed by atoms with van der Waals surface area (Å²) < 4.78 is 3.45. The summed E-state index contributed by atoms with van der Waals surface area (Å²) >= 11 is 0. The van der Waals surface area contributed by atoms with Crippen LogP contribution in [0.2, 0.25) is 0 Å². The van der Waals surface area contributed by atoms with E-state index < -0.39 is 0 Å². The SMILES string of the molecule is Cc1nn(C)cc1-c1nc2c3ccccc3nc(N[C@@H]3CCCCNC3=O)n2n1. The Morgan fingerprint density at radius 1 is 1.17 bits per heavy atom. The molecule has 1 saturated heterocycles. The summed E-state index contributed by atoms with van der Waals surface area (Å²) in [5, 5.41) is 16.3. The van der Waals surface area contributed by atoms with E-state index in [1.165, 1.54) is 0 Å². The van der Waals surface area contributed by atoms with E-state index in [9.17, 15) is 4.79 Å². The molecule has 1 aromatic carbocycles. The number of rotatable bonds is 3. The number of carbonyl (C=O) groups is 1. The maximum Gasteiger partial charge on any atom is 0.242 e. The molecule has 0 spiro atoms. The third kappa shape index (κ3) is 3.08. The molecule has 4 heterocycles. The Morgan fingerprint density at radius 2 is 2.03 bits per heavy atom. The van der Waals surface area contributed by atoms with Crippen molar-refractivity contribution in [1.82, 2.24) is 34.7 Å². The maximum absolute atomic E-state index is 12.4. The first-order valence-electron chi connectivity index (χ1n) is 9.80. The lowest BCUT2D eigenvalue weighted by Gasteiger charge is -2.16. The first-order chi connectivity index (χ1) is 14.1. The largest absolute Gasteiger partial charge is 0.354 e. The summed E-state index contributed by atoms with van der Waals surface area (Å²) in [6, 6.07) is 7.48. The minimum Gasteiger partial charge on any atom is -0.354 e. The van der Waals surface area contributed by atoms with E-state index >= 15 is 0 Å². The van der Waals surface area contributed by atoms with Crippen LogP contribution in [0.4, 0.5) is 5.95 Å². The molecule has 1 aliphatic heterocycles. The second-order valence-corrected chi connectivity index (χ2v) is 7.41. The number of aromatic nitrogens is 6. The fourth-order valence-electron chi connectivity index (χ4n) is 3.82. The molecule has 2 N–H and O–H groups in total. The smallest absolute Gasteiger partial charge is 0.242 e. The van der Waals surface area contributed by atoms with Crippen LogP contribution in [0.5, 0.6) is 0 Å². The van der Waals surface area contributed by atoms with Crippen LogP contribution in [0.15, 0.2) is 30.5 Å². The van der Waals surface area contributed by atoms with Gasteiger partial charge in [-0.05, 0) is 38.3 Å². The van der Waals surface area contributed by atoms with Crippen molar-refractivity contribution in [2.45, 2.75) is 32.2 Å². The van der Waals surface area contributed by atoms with Crippen molar-refractivity contribution in [3.63, 3.8) is 0 Å². The van der Waals surface area contributed by atoms with Gasteiger partial charge in [-0.2, -0.15) is 9.61 Å². The van der Waals surface area contributed by atoms with Gasteiger partial charge in [0.2, 0.25) is 11.9 Å². The van der Waals surface area contributed by atoms with Crippen LogP contribution in [0.1, 0.15) is 25.0 Å². The zero-order valence-electron chi connectivity index (χ0n) is 16.4. The average Bonchev–Trinajstić information content (AvgIpc) is 3.23. The molecule has 0 bridgehead atoms. The van der Waals surface area contributed by atoms with E-state index in [4.69, 9.17) is 15.1 Å². The molecular weight excluding hydrogens is 368 g/mol. The van der Waals surface area contributed by atoms with Crippen LogP contribution in [-0.4, -0.2) is 47.9 Å². The zero-order valence-corrected chi connectivity index (χ0v) is 16.4. The standard InChI is InChI=1S/C20H22N8O/c1-12-14(11-27(2)25-12)17-24-18-13-7-3-4-8-15(13)22-20(28(18)26-17)23-16-9-5-6-10-21-19(16)29/h3-4,7-8,11,16H,5-6,9-10H2,1-2H3,(H,21,29)(H,22,23)/t16-/m1/s1. The number of para-hydroxylation sites is 1. The number of nitrogens with zero attached hydrogens (tertiary/aromatic N) is 6. The van der Waals surface area contributed by atoms with Crippen LogP contribution in [0, 0.1) is 6.92 Å². The molecule has 9 nitrogen and oxygen atoms in total. The Kier molecular flexibility index (Phi) is 4.15. The van der Waals surface area contributed by atoms with Gasteiger partial charge in [0.1, 0.15) is 6.04 Å². The summed E-state index contributed by atoms with van der Waals surface area (Å²) in [7, 11) is 1.88. The number of aryl methyl sites for hydroxylation is 2. The van der Waals surface area contributed by atoms with Gasteiger partial charge in [-0.25, -0.2) is 9.97 Å². The van der Waals surface area contributed by atoms with Gasteiger partial charge in [0, 0.05) is 25.2 Å². The van der Waals surface area contributed by atoms with Crippen LogP contribution in [0.3, 0.4) is 0 Å². The van der Waals surface area contributed by atoms with Crippen molar-refractivity contribution in [1.29, 1.82) is 0 Å². The number of hydrogen-bond acceptors (Lipinski definition) is 6. The molecule has 0 radical (unpaired) electrons. The van der Waals surface area contributed by atoms with Gasteiger partial charge in [-0.15, -0.1) is 5.10 Å². The number of benzene rings is 1. The first kappa shape index (κ1) is 17.6. The van der Waals surface area contributed by atoms with Gasteiger partial charge in [0.05, 0.1) is 16.8 Å². The molecule has 3 aromatic heterocycles. The van der Waals surface area contributed by atoms with Crippen LogP contribution < -0.4 is 10.6 Å². The van der Waals surface area contributed by atoms with Gasteiger partial charge in [-0.1, -0.05) is 12.1 Å². The summed E-state index contributed by atoms with van der Waals surface area (Å²) in [5.74, 6) is 1.09. The van der Waals surface area contributed by atoms with Crippen LogP contribution >= 0.6 is 0 Å². The highest BCUT2D eigenvalue weighted by Gasteiger charge is 2.23. The summed E-state index contributed by atoms with van der Waals surface area (Å²) in [4.78, 5) is 22.0. The van der Waals surface area contributed by atoms with Crippen molar-refractivity contribution < 1.29 is 4.79 Å². The molecule has 1 atom stereocenters. The minimum absolute atomic E-state index is 0.00551. The molecule has 0 aliphatic carbocycles. The van der Waals surface area contributed by atoms with Gasteiger partial charge in [0.15, 0.2) is 11.5 Å². The molecule has 1 fully saturated rings. The number of amides is 1. The van der Waals surface area contributed by atoms with Crippen LogP contribution in [-0.2, 0) is 11.8 Å². The first-order valence-corrected chi connectivity index (χ1v) is 9.80. The lowest BCUT2D eigenvalue weighted by atomic mass is 10.1. The molecule has 1 aliphatic rings. The van der Waals surface area contributed by atoms with Gasteiger partial charge in [-0.3, -0.25) is 9.48 Å². The number of carbonyl (C=O) groups excluding carboxylic acids is 1. The molecular formula is C20H22N8O. The van der Waals surface area contributed by atoms with E-state index in [1.807, 2.05) is 44.4 Å². The molecule has 148 valence electrons. The molecule has 5 rings (SSSR count). The number of anilines is 1. The molecule has 0 unspecified atom stereocenters. The van der Waals surface area contributed by atoms with Crippen molar-refractivity contribution in [3.05, 3.63) is 36.2 Å². The summed E-state index contributed by atoms with van der Waals surface area (Å²) in [5.41, 5.74) is 3.24. The third-order valence-corrected chi connectivity index (χ3v) is 5.27. The van der Waals surface area contributed by atoms with Crippen molar-refractivity contribution in [2.24, 2.45) is 7.05 Å². The van der Waals surface area contributed by atoms with Crippen molar-refractivity contribution >= 4 is 28.4 Å². The van der Waals surface area contributed by atoms with E-state index in [-0.39, 0.29) is 11.9 Å². The quantitative estimate of drug-likeness (QED) is 0.555. The number of hydrogen-bond donors (Lipinski definition) is 2. The van der Waals surface area contributed by atoms with Crippen molar-refractivity contribution in [3.8, 4) is 11.4 Å². The van der Waals surface area contributed by atoms with E-state index in [0.29, 0.717) is 24.0 Å². The second-order valence-electron chi connectivity index (χ2n) is 7.41. The Morgan fingerprint density at radius 3 is 2.86 bits per heavy atom. The predicted octanol–water partition coefficient (Wildman–Crippen LogP) is 2.07. The Balaban J connectivity index is 1.67. The van der Waals surface area contributed by atoms with Gasteiger partial charge < -0.3 is 10.6 Å². The van der Waals surface area contributed by atoms with E-state index in [1.54, 1.807) is 9.20 Å². The Labute approximate surface area is 167 Å². The number of fused-ring (bicyclic) bond motifs is 3. The van der Waals surface area contributed by atoms with E-state index in [2.05, 4.69) is 15.7 Å². The zero-order chi connectivity index (χ0) is 20.0. The lowest BCUT2D eigenvalue weighted by Crippen LogP contribution is -2.38. The van der Waals surface area contributed by atoms with Gasteiger partial charge >= 0.3 is 0 Å². The lowest BCUT2D eigenvalue weighted by molar-refractivity contribution is -0.121. The fourth-order valence-corrected chi connectivity index (χ4v) is 3.82. The molecule has 9 heteroatoms. The Hall–Kier alpha value is -3.49. The maximum atomic E-state index is 12.4. The summed E-state index contributed by atoms with van der Waals surface area (Å²) in [6.45, 7) is 2.65. The number of nitrogens with one attached hydrogen (secondary N) is 2. The van der Waals surface area contributed by atoms with Gasteiger partial charge in [0.25, 0.3) is 0 Å². The third-order valence-electron chi connectivity index (χ3n) is 5.27. The fraction of sp³-hybridized carbons (Fsp3) is 0.350. The van der Waals surface area contributed by atoms with E-state index in [0.717, 1.165) is 41.4 Å². The summed E-state index contributed by atoms with van der Waals surface area (Å²) in [6.07, 6.45) is 4.62. The highest BCUT2D eigenvalue weighted by Crippen LogP contribution is 2.26. The second kappa shape index (κ2) is 6.84. The highest BCUT2D eigenvalue weighted by atomic mass is 16.2. The average molecular weight is 390 g/mol. The normalized spacial score (nSPS) is 17.4. The monoisotopic (exact) mass is 390 g/mol. The molecule has 0 saturated carbocycles. The predicted molar refractivity (Wildman–Crippen MR) is 109 cm³/mol.